The van der Waals surface area contributed by atoms with Crippen molar-refractivity contribution in [3.8, 4) is 0 Å². The Bertz CT molecular complexity index is 658. The molecule has 0 N–H and O–H groups in total. The summed E-state index contributed by atoms with van der Waals surface area (Å²) in [7, 11) is 0. The quantitative estimate of drug-likeness (QED) is 0.633. The maximum atomic E-state index is 12.7. The highest BCUT2D eigenvalue weighted by molar-refractivity contribution is 6.36. The third kappa shape index (κ3) is 2.44. The molecule has 1 fully saturated rings. The van der Waals surface area contributed by atoms with Crippen LogP contribution in [0, 0.1) is 0 Å². The lowest BCUT2D eigenvalue weighted by atomic mass is 10.0. The number of nitrogens with zero attached hydrogens (tertiary/aromatic N) is 2. The third-order valence-electron chi connectivity index (χ3n) is 4.01. The molecule has 4 nitrogen and oxygen atoms in total. The van der Waals surface area contributed by atoms with E-state index in [0.29, 0.717) is 16.3 Å². The summed E-state index contributed by atoms with van der Waals surface area (Å²) >= 11 is 5.92. The average molecular weight is 317 g/mol. The zero-order valence-corrected chi connectivity index (χ0v) is 13.0. The minimum absolute atomic E-state index is 0.225. The first kappa shape index (κ1) is 14.9. The molecule has 0 spiro atoms. The van der Waals surface area contributed by atoms with Crippen LogP contribution in [0.3, 0.4) is 0 Å². The van der Waals surface area contributed by atoms with Crippen LogP contribution < -0.4 is 0 Å². The zero-order chi connectivity index (χ0) is 15.7. The van der Waals surface area contributed by atoms with E-state index in [0.717, 1.165) is 31.5 Å². The highest BCUT2D eigenvalue weighted by Gasteiger charge is 2.41. The van der Waals surface area contributed by atoms with E-state index in [1.165, 1.54) is 4.90 Å². The van der Waals surface area contributed by atoms with E-state index < -0.39 is 0 Å². The Kier molecular flexibility index (Phi) is 4.03. The molecule has 5 heteroatoms. The molecule has 2 heterocycles. The topological polar surface area (TPSA) is 40.6 Å². The normalized spacial score (nSPS) is 18.6. The lowest BCUT2D eigenvalue weighted by Crippen LogP contribution is -2.34. The van der Waals surface area contributed by atoms with Crippen LogP contribution in [0.1, 0.15) is 18.4 Å². The Balaban J connectivity index is 2.09. The van der Waals surface area contributed by atoms with Crippen LogP contribution in [0.4, 0.5) is 0 Å². The van der Waals surface area contributed by atoms with Gasteiger partial charge in [-0.3, -0.25) is 14.5 Å². The first-order valence-corrected chi connectivity index (χ1v) is 7.73. The van der Waals surface area contributed by atoms with Gasteiger partial charge in [0.2, 0.25) is 0 Å². The maximum absolute atomic E-state index is 12.7. The van der Waals surface area contributed by atoms with Crippen molar-refractivity contribution < 1.29 is 9.59 Å². The number of hydrogen-bond donors (Lipinski definition) is 0. The minimum Gasteiger partial charge on any atom is -0.366 e. The number of carbonyl (C=O) groups is 2. The van der Waals surface area contributed by atoms with E-state index >= 15 is 0 Å². The SMILES string of the molecule is C=CCN1C(=O)C(c2ccc(Cl)cc2)=C(N2CCCC2)C1=O. The first-order valence-electron chi connectivity index (χ1n) is 7.35. The number of likely N-dealkylation sites (tertiary alicyclic amines) is 1. The van der Waals surface area contributed by atoms with E-state index in [1.807, 2.05) is 4.90 Å². The molecule has 0 bridgehead atoms. The van der Waals surface area contributed by atoms with Crippen LogP contribution in [0.15, 0.2) is 42.6 Å². The fraction of sp³-hybridized carbons (Fsp3) is 0.294. The van der Waals surface area contributed by atoms with Crippen LogP contribution in [0.25, 0.3) is 5.57 Å². The van der Waals surface area contributed by atoms with E-state index in [1.54, 1.807) is 30.3 Å². The van der Waals surface area contributed by atoms with Crippen molar-refractivity contribution in [1.82, 2.24) is 9.80 Å². The zero-order valence-electron chi connectivity index (χ0n) is 12.2. The summed E-state index contributed by atoms with van der Waals surface area (Å²) in [6, 6.07) is 7.05. The number of imide groups is 1. The molecule has 0 saturated carbocycles. The van der Waals surface area contributed by atoms with Crippen LogP contribution in [0.5, 0.6) is 0 Å². The van der Waals surface area contributed by atoms with Gasteiger partial charge in [-0.1, -0.05) is 29.8 Å². The first-order chi connectivity index (χ1) is 10.6. The molecule has 2 amide bonds. The molecule has 0 aromatic heterocycles. The third-order valence-corrected chi connectivity index (χ3v) is 4.26. The molecule has 2 aliphatic rings. The number of halogens is 1. The van der Waals surface area contributed by atoms with Gasteiger partial charge in [-0.2, -0.15) is 0 Å². The summed E-state index contributed by atoms with van der Waals surface area (Å²) < 4.78 is 0. The molecule has 2 aliphatic heterocycles. The van der Waals surface area contributed by atoms with Gasteiger partial charge in [-0.25, -0.2) is 0 Å². The molecule has 1 saturated heterocycles. The maximum Gasteiger partial charge on any atom is 0.278 e. The van der Waals surface area contributed by atoms with Gasteiger partial charge >= 0.3 is 0 Å². The molecule has 22 heavy (non-hydrogen) atoms. The molecular formula is C17H17ClN2O2. The van der Waals surface area contributed by atoms with Crippen LogP contribution in [-0.2, 0) is 9.59 Å². The number of carbonyl (C=O) groups excluding carboxylic acids is 2. The second kappa shape index (κ2) is 5.97. The summed E-state index contributed by atoms with van der Waals surface area (Å²) in [6.07, 6.45) is 3.66. The van der Waals surface area contributed by atoms with Crippen LogP contribution in [0.2, 0.25) is 5.02 Å². The Morgan fingerprint density at radius 2 is 1.73 bits per heavy atom. The van der Waals surface area contributed by atoms with Crippen molar-refractivity contribution in [2.24, 2.45) is 0 Å². The van der Waals surface area contributed by atoms with Crippen molar-refractivity contribution in [1.29, 1.82) is 0 Å². The molecule has 0 radical (unpaired) electrons. The second-order valence-electron chi connectivity index (χ2n) is 5.43. The summed E-state index contributed by atoms with van der Waals surface area (Å²) in [4.78, 5) is 28.6. The van der Waals surface area contributed by atoms with E-state index in [9.17, 15) is 9.59 Å². The molecule has 114 valence electrons. The molecule has 1 aromatic rings. The van der Waals surface area contributed by atoms with Gasteiger partial charge in [-0.15, -0.1) is 6.58 Å². The number of benzene rings is 1. The van der Waals surface area contributed by atoms with Gasteiger partial charge in [-0.05, 0) is 30.5 Å². The number of rotatable bonds is 4. The summed E-state index contributed by atoms with van der Waals surface area (Å²) in [5.74, 6) is -0.481. The molecule has 0 unspecified atom stereocenters. The number of amides is 2. The predicted octanol–water partition coefficient (Wildman–Crippen LogP) is 2.70. The Labute approximate surface area is 134 Å². The minimum atomic E-state index is -0.255. The van der Waals surface area contributed by atoms with Gasteiger partial charge in [0.05, 0.1) is 5.57 Å². The Hall–Kier alpha value is -2.07. The summed E-state index contributed by atoms with van der Waals surface area (Å²) in [5.41, 5.74) is 1.73. The fourth-order valence-corrected chi connectivity index (χ4v) is 3.10. The van der Waals surface area contributed by atoms with Crippen molar-refractivity contribution >= 4 is 29.0 Å². The average Bonchev–Trinajstić information content (AvgIpc) is 3.10. The second-order valence-corrected chi connectivity index (χ2v) is 5.87. The fourth-order valence-electron chi connectivity index (χ4n) is 2.97. The van der Waals surface area contributed by atoms with E-state index in [4.69, 9.17) is 11.6 Å². The summed E-state index contributed by atoms with van der Waals surface area (Å²) in [6.45, 7) is 5.48. The highest BCUT2D eigenvalue weighted by Crippen LogP contribution is 2.33. The van der Waals surface area contributed by atoms with Gasteiger partial charge in [0.1, 0.15) is 5.70 Å². The summed E-state index contributed by atoms with van der Waals surface area (Å²) in [5, 5.41) is 0.604. The lowest BCUT2D eigenvalue weighted by Gasteiger charge is -2.19. The lowest BCUT2D eigenvalue weighted by molar-refractivity contribution is -0.136. The van der Waals surface area contributed by atoms with Gasteiger partial charge in [0.15, 0.2) is 0 Å². The van der Waals surface area contributed by atoms with Gasteiger partial charge < -0.3 is 4.90 Å². The molecule has 0 atom stereocenters. The monoisotopic (exact) mass is 316 g/mol. The molecular weight excluding hydrogens is 300 g/mol. The largest absolute Gasteiger partial charge is 0.366 e. The molecule has 3 rings (SSSR count). The van der Waals surface area contributed by atoms with Crippen LogP contribution >= 0.6 is 11.6 Å². The van der Waals surface area contributed by atoms with Crippen LogP contribution in [-0.4, -0.2) is 41.2 Å². The van der Waals surface area contributed by atoms with E-state index in [-0.39, 0.29) is 18.4 Å². The predicted molar refractivity (Wildman–Crippen MR) is 86.1 cm³/mol. The molecule has 0 aliphatic carbocycles. The standard InChI is InChI=1S/C17H17ClN2O2/c1-2-9-20-16(21)14(12-5-7-13(18)8-6-12)15(17(20)22)19-10-3-4-11-19/h2,5-8H,1,3-4,9-11H2. The number of hydrogen-bond acceptors (Lipinski definition) is 3. The Morgan fingerprint density at radius 3 is 2.32 bits per heavy atom. The van der Waals surface area contributed by atoms with Gasteiger partial charge in [0.25, 0.3) is 11.8 Å². The van der Waals surface area contributed by atoms with Crippen molar-refractivity contribution in [3.63, 3.8) is 0 Å². The van der Waals surface area contributed by atoms with Crippen molar-refractivity contribution in [3.05, 3.63) is 53.2 Å². The van der Waals surface area contributed by atoms with Crippen molar-refractivity contribution in [2.75, 3.05) is 19.6 Å². The van der Waals surface area contributed by atoms with Gasteiger partial charge in [0, 0.05) is 24.7 Å². The Morgan fingerprint density at radius 1 is 1.09 bits per heavy atom. The molecule has 1 aromatic carbocycles. The smallest absolute Gasteiger partial charge is 0.278 e. The van der Waals surface area contributed by atoms with Crippen molar-refractivity contribution in [2.45, 2.75) is 12.8 Å². The van der Waals surface area contributed by atoms with E-state index in [2.05, 4.69) is 6.58 Å². The highest BCUT2D eigenvalue weighted by atomic mass is 35.5.